The van der Waals surface area contributed by atoms with Gasteiger partial charge in [0.2, 0.25) is 0 Å². The number of allylic oxidation sites excluding steroid dienone is 10. The third-order valence-electron chi connectivity index (χ3n) is 10.5. The number of carbonyl (C=O) groups is 2. The first kappa shape index (κ1) is 59.7. The molecule has 0 spiro atoms. The van der Waals surface area contributed by atoms with Crippen LogP contribution in [0.1, 0.15) is 206 Å². The van der Waals surface area contributed by atoms with Crippen LogP contribution in [0.25, 0.3) is 0 Å². The van der Waals surface area contributed by atoms with Crippen molar-refractivity contribution in [2.75, 3.05) is 47.5 Å². The Kier molecular flexibility index (Phi) is 42.3. The van der Waals surface area contributed by atoms with Crippen molar-refractivity contribution >= 4 is 19.8 Å². The largest absolute Gasteiger partial charge is 0.472 e. The summed E-state index contributed by atoms with van der Waals surface area (Å²) in [6, 6.07) is 0. The lowest BCUT2D eigenvalue weighted by Crippen LogP contribution is -2.37. The van der Waals surface area contributed by atoms with Gasteiger partial charge >= 0.3 is 19.8 Å². The van der Waals surface area contributed by atoms with Crippen LogP contribution >= 0.6 is 7.82 Å². The fourth-order valence-electron chi connectivity index (χ4n) is 6.59. The highest BCUT2D eigenvalue weighted by Gasteiger charge is 2.27. The smallest absolute Gasteiger partial charge is 0.462 e. The third kappa shape index (κ3) is 47.2. The molecular weight excluding hydrogens is 798 g/mol. The van der Waals surface area contributed by atoms with Gasteiger partial charge in [0.1, 0.15) is 19.8 Å². The van der Waals surface area contributed by atoms with E-state index in [1.54, 1.807) is 0 Å². The van der Waals surface area contributed by atoms with Crippen LogP contribution in [0.4, 0.5) is 0 Å². The SMILES string of the molecule is CCCCC/C=C/C/C=C/C/C=C/C/C=C/CCCC(=O)O[C@H](COC(=O)CCCCCCCCCCCCC/C=C/CCCCCCCC)COP(=O)(O)OCC[N+](C)(C)C. The first-order chi connectivity index (χ1) is 30.0. The number of carbonyl (C=O) groups excluding carboxylic acids is 2. The standard InChI is InChI=1S/C52H94NO8P/c1-6-8-10-12-14-16-18-20-22-24-25-26-27-29-30-32-34-36-38-40-42-44-51(54)58-48-50(49-60-62(56,57)59-47-46-53(3,4)5)61-52(55)45-43-41-39-37-35-33-31-28-23-21-19-17-15-13-11-9-7-2/h15,17,20-23,31,33,37,39,50H,6-14,16,18-19,24-30,32,34-36,38,40-49H2,1-5H3/p+1/b17-15+,22-20+,23-21+,33-31+,39-37+/t50-/m1/s1. The van der Waals surface area contributed by atoms with Gasteiger partial charge in [0, 0.05) is 12.8 Å². The molecule has 0 rings (SSSR count). The van der Waals surface area contributed by atoms with Gasteiger partial charge in [-0.2, -0.15) is 0 Å². The van der Waals surface area contributed by atoms with Gasteiger partial charge in [0.15, 0.2) is 6.10 Å². The number of phosphoric acid groups is 1. The Morgan fingerprint density at radius 1 is 0.500 bits per heavy atom. The Bertz CT molecular complexity index is 1240. The highest BCUT2D eigenvalue weighted by atomic mass is 31.2. The highest BCUT2D eigenvalue weighted by Crippen LogP contribution is 2.43. The number of likely N-dealkylation sites (N-methyl/N-ethyl adjacent to an activating group) is 1. The molecule has 0 aromatic carbocycles. The van der Waals surface area contributed by atoms with E-state index in [4.69, 9.17) is 18.5 Å². The molecule has 0 amide bonds. The number of hydrogen-bond acceptors (Lipinski definition) is 7. The molecule has 0 aliphatic heterocycles. The van der Waals surface area contributed by atoms with Crippen LogP contribution in [0.3, 0.4) is 0 Å². The van der Waals surface area contributed by atoms with Crippen LogP contribution in [0, 0.1) is 0 Å². The van der Waals surface area contributed by atoms with E-state index in [1.807, 2.05) is 21.1 Å². The second-order valence-electron chi connectivity index (χ2n) is 17.8. The van der Waals surface area contributed by atoms with E-state index in [9.17, 15) is 19.0 Å². The molecule has 0 radical (unpaired) electrons. The van der Waals surface area contributed by atoms with Crippen LogP contribution in [-0.4, -0.2) is 74.9 Å². The summed E-state index contributed by atoms with van der Waals surface area (Å²) in [5.74, 6) is -0.864. The molecule has 0 aliphatic carbocycles. The molecule has 0 aromatic heterocycles. The van der Waals surface area contributed by atoms with E-state index < -0.39 is 26.5 Å². The molecule has 0 heterocycles. The summed E-state index contributed by atoms with van der Waals surface area (Å²) in [5, 5.41) is 0. The third-order valence-corrected chi connectivity index (χ3v) is 11.5. The average molecular weight is 893 g/mol. The first-order valence-electron chi connectivity index (χ1n) is 25.0. The van der Waals surface area contributed by atoms with E-state index in [-0.39, 0.29) is 32.0 Å². The van der Waals surface area contributed by atoms with Gasteiger partial charge in [-0.05, 0) is 77.0 Å². The van der Waals surface area contributed by atoms with Crippen molar-refractivity contribution in [2.45, 2.75) is 213 Å². The quantitative estimate of drug-likeness (QED) is 0.0212. The summed E-state index contributed by atoms with van der Waals surface area (Å²) in [4.78, 5) is 35.5. The molecule has 360 valence electrons. The van der Waals surface area contributed by atoms with Crippen molar-refractivity contribution in [1.82, 2.24) is 0 Å². The van der Waals surface area contributed by atoms with Gasteiger partial charge in [0.05, 0.1) is 27.7 Å². The minimum atomic E-state index is -4.40. The Hall–Kier alpha value is -2.29. The molecule has 0 aromatic rings. The summed E-state index contributed by atoms with van der Waals surface area (Å²) in [5.41, 5.74) is 0. The Labute approximate surface area is 381 Å². The van der Waals surface area contributed by atoms with Crippen molar-refractivity contribution in [3.8, 4) is 0 Å². The van der Waals surface area contributed by atoms with Gasteiger partial charge in [-0.15, -0.1) is 0 Å². The summed E-state index contributed by atoms with van der Waals surface area (Å²) >= 11 is 0. The fourth-order valence-corrected chi connectivity index (χ4v) is 7.33. The zero-order valence-electron chi connectivity index (χ0n) is 40.6. The van der Waals surface area contributed by atoms with Crippen molar-refractivity contribution < 1.29 is 42.1 Å². The zero-order valence-corrected chi connectivity index (χ0v) is 41.5. The molecule has 1 unspecified atom stereocenters. The number of rotatable bonds is 45. The predicted octanol–water partition coefficient (Wildman–Crippen LogP) is 14.8. The topological polar surface area (TPSA) is 108 Å². The van der Waals surface area contributed by atoms with Crippen LogP contribution < -0.4 is 0 Å². The predicted molar refractivity (Wildman–Crippen MR) is 261 cm³/mol. The average Bonchev–Trinajstić information content (AvgIpc) is 3.23. The number of ether oxygens (including phenoxy) is 2. The molecule has 9 nitrogen and oxygen atoms in total. The van der Waals surface area contributed by atoms with Gasteiger partial charge in [-0.3, -0.25) is 18.6 Å². The summed E-state index contributed by atoms with van der Waals surface area (Å²) in [6.45, 7) is 4.34. The van der Waals surface area contributed by atoms with Crippen molar-refractivity contribution in [1.29, 1.82) is 0 Å². The summed E-state index contributed by atoms with van der Waals surface area (Å²) in [7, 11) is 1.44. The minimum absolute atomic E-state index is 0.0197. The number of phosphoric ester groups is 1. The Morgan fingerprint density at radius 3 is 1.39 bits per heavy atom. The lowest BCUT2D eigenvalue weighted by Gasteiger charge is -2.24. The molecule has 0 saturated carbocycles. The van der Waals surface area contributed by atoms with Gasteiger partial charge in [-0.25, -0.2) is 4.57 Å². The maximum atomic E-state index is 12.7. The lowest BCUT2D eigenvalue weighted by molar-refractivity contribution is -0.870. The van der Waals surface area contributed by atoms with Crippen molar-refractivity contribution in [3.63, 3.8) is 0 Å². The van der Waals surface area contributed by atoms with Gasteiger partial charge in [-0.1, -0.05) is 177 Å². The van der Waals surface area contributed by atoms with Gasteiger partial charge in [0.25, 0.3) is 0 Å². The molecule has 2 atom stereocenters. The van der Waals surface area contributed by atoms with Crippen LogP contribution in [0.5, 0.6) is 0 Å². The number of hydrogen-bond donors (Lipinski definition) is 1. The molecule has 0 aliphatic rings. The first-order valence-corrected chi connectivity index (χ1v) is 26.5. The summed E-state index contributed by atoms with van der Waals surface area (Å²) in [6.07, 6.45) is 54.2. The van der Waals surface area contributed by atoms with Crippen molar-refractivity contribution in [2.24, 2.45) is 0 Å². The second kappa shape index (κ2) is 43.9. The second-order valence-corrected chi connectivity index (χ2v) is 19.3. The molecule has 0 bridgehead atoms. The monoisotopic (exact) mass is 893 g/mol. The number of quaternary nitrogens is 1. The fraction of sp³-hybridized carbons (Fsp3) is 0.769. The van der Waals surface area contributed by atoms with Crippen LogP contribution in [0.2, 0.25) is 0 Å². The maximum Gasteiger partial charge on any atom is 0.472 e. The highest BCUT2D eigenvalue weighted by molar-refractivity contribution is 7.47. The molecule has 62 heavy (non-hydrogen) atoms. The lowest BCUT2D eigenvalue weighted by atomic mass is 10.0. The zero-order chi connectivity index (χ0) is 45.7. The van der Waals surface area contributed by atoms with Gasteiger partial charge < -0.3 is 18.9 Å². The maximum absolute atomic E-state index is 12.7. The molecular formula is C52H95NO8P+. The number of esters is 2. The Balaban J connectivity index is 4.33. The van der Waals surface area contributed by atoms with Crippen LogP contribution in [0.15, 0.2) is 60.8 Å². The van der Waals surface area contributed by atoms with E-state index in [0.29, 0.717) is 23.9 Å². The normalized spacial score (nSPS) is 14.0. The van der Waals surface area contributed by atoms with E-state index in [2.05, 4.69) is 74.6 Å². The summed E-state index contributed by atoms with van der Waals surface area (Å²) < 4.78 is 34.3. The van der Waals surface area contributed by atoms with E-state index in [1.165, 1.54) is 128 Å². The van der Waals surface area contributed by atoms with E-state index >= 15 is 0 Å². The Morgan fingerprint density at radius 2 is 0.887 bits per heavy atom. The number of nitrogens with zero attached hydrogens (tertiary/aromatic N) is 1. The molecule has 0 fully saturated rings. The molecule has 0 saturated heterocycles. The number of unbranched alkanes of at least 4 members (excludes halogenated alkanes) is 21. The van der Waals surface area contributed by atoms with Crippen LogP contribution in [-0.2, 0) is 32.7 Å². The molecule has 10 heteroatoms. The minimum Gasteiger partial charge on any atom is -0.462 e. The molecule has 1 N–H and O–H groups in total. The van der Waals surface area contributed by atoms with Crippen molar-refractivity contribution in [3.05, 3.63) is 60.8 Å². The van der Waals surface area contributed by atoms with E-state index in [0.717, 1.165) is 38.5 Å².